The molecule has 2 aromatic carbocycles. The van der Waals surface area contributed by atoms with Crippen molar-refractivity contribution in [3.63, 3.8) is 0 Å². The summed E-state index contributed by atoms with van der Waals surface area (Å²) in [4.78, 5) is 36.8. The largest absolute Gasteiger partial charge is 0.366 e. The van der Waals surface area contributed by atoms with Crippen LogP contribution >= 0.6 is 11.8 Å². The van der Waals surface area contributed by atoms with E-state index in [2.05, 4.69) is 22.1 Å². The van der Waals surface area contributed by atoms with Gasteiger partial charge in [0, 0.05) is 17.8 Å². The molecule has 2 aromatic heterocycles. The molecule has 2 heterocycles. The number of hydrogen-bond acceptors (Lipinski definition) is 6. The summed E-state index contributed by atoms with van der Waals surface area (Å²) in [5.41, 5.74) is 6.63. The maximum absolute atomic E-state index is 12.9. The average Bonchev–Trinajstić information content (AvgIpc) is 3.20. The number of rotatable bonds is 7. The smallest absolute Gasteiger partial charge is 0.263 e. The van der Waals surface area contributed by atoms with Crippen molar-refractivity contribution in [1.82, 2.24) is 19.2 Å². The highest BCUT2D eigenvalue weighted by atomic mass is 32.2. The number of fused-ring (bicyclic) bond motifs is 3. The zero-order valence-corrected chi connectivity index (χ0v) is 18.0. The number of aromatic nitrogens is 4. The van der Waals surface area contributed by atoms with E-state index in [1.807, 2.05) is 12.1 Å². The Kier molecular flexibility index (Phi) is 5.78. The van der Waals surface area contributed by atoms with Gasteiger partial charge in [0.05, 0.1) is 16.2 Å². The van der Waals surface area contributed by atoms with E-state index >= 15 is 0 Å². The number of allylic oxidation sites excluding steroid dienone is 1. The van der Waals surface area contributed by atoms with Crippen LogP contribution in [0.5, 0.6) is 0 Å². The second-order valence-electron chi connectivity index (χ2n) is 7.03. The highest BCUT2D eigenvalue weighted by molar-refractivity contribution is 8.00. The minimum atomic E-state index is -0.535. The van der Waals surface area contributed by atoms with Gasteiger partial charge in [0.1, 0.15) is 0 Å². The summed E-state index contributed by atoms with van der Waals surface area (Å²) in [6.07, 6.45) is 1.62. The molecule has 9 nitrogen and oxygen atoms in total. The number of carbonyl (C=O) groups is 2. The highest BCUT2D eigenvalue weighted by Gasteiger charge is 2.21. The van der Waals surface area contributed by atoms with Crippen LogP contribution in [0.4, 0.5) is 5.69 Å². The van der Waals surface area contributed by atoms with Gasteiger partial charge >= 0.3 is 0 Å². The van der Waals surface area contributed by atoms with E-state index in [-0.39, 0.29) is 18.0 Å². The van der Waals surface area contributed by atoms with Crippen molar-refractivity contribution >= 4 is 45.9 Å². The first-order chi connectivity index (χ1) is 15.4. The minimum Gasteiger partial charge on any atom is -0.366 e. The molecule has 0 saturated heterocycles. The van der Waals surface area contributed by atoms with Gasteiger partial charge in [-0.3, -0.25) is 23.4 Å². The fraction of sp³-hybridized carbons (Fsp3) is 0.136. The van der Waals surface area contributed by atoms with Gasteiger partial charge < -0.3 is 11.1 Å². The Morgan fingerprint density at radius 3 is 2.59 bits per heavy atom. The standard InChI is InChI=1S/C22H20N6O3S/c1-3-12-27-20(31)16-6-4-5-7-17(16)28-21(27)25-26-22(28)32-13(2)19(30)24-15-10-8-14(9-11-15)18(23)29/h3-11,13H,1,12H2,2H3,(H2,23,29)(H,24,30). The van der Waals surface area contributed by atoms with Crippen LogP contribution in [0.1, 0.15) is 17.3 Å². The van der Waals surface area contributed by atoms with Crippen molar-refractivity contribution in [3.8, 4) is 0 Å². The van der Waals surface area contributed by atoms with E-state index in [1.54, 1.807) is 53.8 Å². The zero-order valence-electron chi connectivity index (χ0n) is 17.2. The van der Waals surface area contributed by atoms with Crippen molar-refractivity contribution in [2.24, 2.45) is 5.73 Å². The Hall–Kier alpha value is -3.92. The zero-order chi connectivity index (χ0) is 22.8. The Morgan fingerprint density at radius 2 is 1.91 bits per heavy atom. The van der Waals surface area contributed by atoms with Crippen LogP contribution in [0.15, 0.2) is 71.1 Å². The summed E-state index contributed by atoms with van der Waals surface area (Å²) >= 11 is 1.22. The molecule has 32 heavy (non-hydrogen) atoms. The number of thioether (sulfide) groups is 1. The lowest BCUT2D eigenvalue weighted by Gasteiger charge is -2.13. The number of benzene rings is 2. The summed E-state index contributed by atoms with van der Waals surface area (Å²) in [7, 11) is 0. The molecule has 4 aromatic rings. The van der Waals surface area contributed by atoms with Crippen molar-refractivity contribution in [2.45, 2.75) is 23.9 Å². The maximum Gasteiger partial charge on any atom is 0.263 e. The molecule has 1 atom stereocenters. The molecule has 4 rings (SSSR count). The number of anilines is 1. The fourth-order valence-corrected chi connectivity index (χ4v) is 4.13. The Balaban J connectivity index is 1.65. The molecule has 3 N–H and O–H groups in total. The second-order valence-corrected chi connectivity index (χ2v) is 8.34. The molecular formula is C22H20N6O3S. The summed E-state index contributed by atoms with van der Waals surface area (Å²) in [5, 5.41) is 11.7. The van der Waals surface area contributed by atoms with Gasteiger partial charge in [-0.1, -0.05) is 30.0 Å². The molecule has 0 aliphatic rings. The quantitative estimate of drug-likeness (QED) is 0.331. The molecule has 0 radical (unpaired) electrons. The van der Waals surface area contributed by atoms with E-state index in [4.69, 9.17) is 5.73 Å². The predicted octanol–water partition coefficient (Wildman–Crippen LogP) is 2.45. The average molecular weight is 449 g/mol. The van der Waals surface area contributed by atoms with E-state index in [1.165, 1.54) is 16.3 Å². The maximum atomic E-state index is 12.9. The van der Waals surface area contributed by atoms with Crippen LogP contribution < -0.4 is 16.6 Å². The third kappa shape index (κ3) is 3.87. The summed E-state index contributed by atoms with van der Waals surface area (Å²) < 4.78 is 3.27. The first kappa shape index (κ1) is 21.3. The van der Waals surface area contributed by atoms with Gasteiger partial charge in [-0.2, -0.15) is 0 Å². The van der Waals surface area contributed by atoms with E-state index in [0.29, 0.717) is 33.1 Å². The number of para-hydroxylation sites is 1. The monoisotopic (exact) mass is 448 g/mol. The lowest BCUT2D eigenvalue weighted by atomic mass is 10.2. The summed E-state index contributed by atoms with van der Waals surface area (Å²) in [5.74, 6) is -0.402. The lowest BCUT2D eigenvalue weighted by Crippen LogP contribution is -2.24. The molecule has 0 aliphatic carbocycles. The Morgan fingerprint density at radius 1 is 1.19 bits per heavy atom. The van der Waals surface area contributed by atoms with Gasteiger partial charge in [-0.15, -0.1) is 16.8 Å². The van der Waals surface area contributed by atoms with Gasteiger partial charge in [0.25, 0.3) is 5.56 Å². The van der Waals surface area contributed by atoms with Gasteiger partial charge in [0.15, 0.2) is 5.16 Å². The number of primary amides is 1. The molecule has 1 unspecified atom stereocenters. The molecule has 0 bridgehead atoms. The Labute approximate surface area is 186 Å². The van der Waals surface area contributed by atoms with Gasteiger partial charge in [0.2, 0.25) is 17.6 Å². The van der Waals surface area contributed by atoms with E-state index in [9.17, 15) is 14.4 Å². The first-order valence-electron chi connectivity index (χ1n) is 9.75. The van der Waals surface area contributed by atoms with Crippen LogP contribution in [-0.4, -0.2) is 36.2 Å². The molecule has 2 amide bonds. The molecule has 0 saturated carbocycles. The molecule has 10 heteroatoms. The number of carbonyl (C=O) groups excluding carboxylic acids is 2. The molecular weight excluding hydrogens is 428 g/mol. The van der Waals surface area contributed by atoms with Crippen LogP contribution in [0, 0.1) is 0 Å². The predicted molar refractivity (Wildman–Crippen MR) is 124 cm³/mol. The number of nitrogens with zero attached hydrogens (tertiary/aromatic N) is 4. The summed E-state index contributed by atoms with van der Waals surface area (Å²) in [6, 6.07) is 13.5. The van der Waals surface area contributed by atoms with Crippen molar-refractivity contribution < 1.29 is 9.59 Å². The number of nitrogens with two attached hydrogens (primary N) is 1. The number of nitrogens with one attached hydrogen (secondary N) is 1. The topological polar surface area (TPSA) is 124 Å². The number of amides is 2. The molecule has 0 aliphatic heterocycles. The SMILES string of the molecule is C=CCn1c(=O)c2ccccc2n2c(SC(C)C(=O)Nc3ccc(C(N)=O)cc3)nnc12. The summed E-state index contributed by atoms with van der Waals surface area (Å²) in [6.45, 7) is 5.75. The lowest BCUT2D eigenvalue weighted by molar-refractivity contribution is -0.115. The molecule has 0 fully saturated rings. The fourth-order valence-electron chi connectivity index (χ4n) is 3.28. The normalized spacial score (nSPS) is 12.0. The highest BCUT2D eigenvalue weighted by Crippen LogP contribution is 2.26. The van der Waals surface area contributed by atoms with Crippen LogP contribution in [0.2, 0.25) is 0 Å². The third-order valence-corrected chi connectivity index (χ3v) is 5.92. The Bertz CT molecular complexity index is 1410. The van der Waals surface area contributed by atoms with Crippen molar-refractivity contribution in [3.05, 3.63) is 77.1 Å². The van der Waals surface area contributed by atoms with Crippen LogP contribution in [0.25, 0.3) is 16.7 Å². The minimum absolute atomic E-state index is 0.179. The third-order valence-electron chi connectivity index (χ3n) is 4.88. The van der Waals surface area contributed by atoms with E-state index in [0.717, 1.165) is 0 Å². The molecule has 0 spiro atoms. The van der Waals surface area contributed by atoms with Crippen molar-refractivity contribution in [2.75, 3.05) is 5.32 Å². The van der Waals surface area contributed by atoms with Crippen molar-refractivity contribution in [1.29, 1.82) is 0 Å². The second kappa shape index (κ2) is 8.67. The van der Waals surface area contributed by atoms with Gasteiger partial charge in [-0.25, -0.2) is 0 Å². The van der Waals surface area contributed by atoms with E-state index < -0.39 is 11.2 Å². The van der Waals surface area contributed by atoms with Crippen LogP contribution in [0.3, 0.4) is 0 Å². The van der Waals surface area contributed by atoms with Crippen LogP contribution in [-0.2, 0) is 11.3 Å². The first-order valence-corrected chi connectivity index (χ1v) is 10.6. The molecule has 162 valence electrons. The van der Waals surface area contributed by atoms with Gasteiger partial charge in [-0.05, 0) is 43.3 Å². The number of hydrogen-bond donors (Lipinski definition) is 2.